The number of carbonyl (C=O) groups excluding carboxylic acids is 1. The Balaban J connectivity index is 2.44. The molecule has 1 amide bonds. The van der Waals surface area contributed by atoms with Crippen LogP contribution in [0.1, 0.15) is 33.6 Å². The van der Waals surface area contributed by atoms with Crippen LogP contribution in [0.2, 0.25) is 0 Å². The van der Waals surface area contributed by atoms with Crippen molar-refractivity contribution >= 4 is 5.91 Å². The summed E-state index contributed by atoms with van der Waals surface area (Å²) >= 11 is 0. The average molecular weight is 212 g/mol. The maximum Gasteiger partial charge on any atom is 0.223 e. The highest BCUT2D eigenvalue weighted by Gasteiger charge is 2.29. The third kappa shape index (κ3) is 3.82. The molecule has 15 heavy (non-hydrogen) atoms. The first-order valence-electron chi connectivity index (χ1n) is 5.74. The number of rotatable bonds is 2. The first-order valence-corrected chi connectivity index (χ1v) is 5.74. The van der Waals surface area contributed by atoms with E-state index in [1.807, 2.05) is 4.90 Å². The van der Waals surface area contributed by atoms with Crippen molar-refractivity contribution in [2.75, 3.05) is 27.2 Å². The fraction of sp³-hybridized carbons (Fsp3) is 0.917. The number of carbonyl (C=O) groups is 1. The molecule has 0 bridgehead atoms. The molecule has 1 aliphatic rings. The lowest BCUT2D eigenvalue weighted by Gasteiger charge is -2.24. The average Bonchev–Trinajstić information content (AvgIpc) is 2.47. The van der Waals surface area contributed by atoms with Crippen LogP contribution in [0.25, 0.3) is 0 Å². The molecular formula is C12H24N2O. The number of hydrogen-bond donors (Lipinski definition) is 0. The van der Waals surface area contributed by atoms with Gasteiger partial charge in [0.2, 0.25) is 5.91 Å². The SMILES string of the molecule is CN(C)[C@H]1CCN(C(=O)CC(C)(C)C)C1. The minimum Gasteiger partial charge on any atom is -0.341 e. The summed E-state index contributed by atoms with van der Waals surface area (Å²) in [5, 5.41) is 0. The second-order valence-corrected chi connectivity index (χ2v) is 5.98. The standard InChI is InChI=1S/C12H24N2O/c1-12(2,3)8-11(15)14-7-6-10(9-14)13(4)5/h10H,6-9H2,1-5H3/t10-/m0/s1. The maximum atomic E-state index is 11.9. The van der Waals surface area contributed by atoms with E-state index in [1.165, 1.54) is 0 Å². The first kappa shape index (κ1) is 12.5. The molecule has 0 aromatic rings. The zero-order valence-electron chi connectivity index (χ0n) is 10.7. The van der Waals surface area contributed by atoms with E-state index in [0.717, 1.165) is 19.5 Å². The van der Waals surface area contributed by atoms with Crippen LogP contribution in [0.5, 0.6) is 0 Å². The Kier molecular flexibility index (Phi) is 3.77. The van der Waals surface area contributed by atoms with E-state index in [-0.39, 0.29) is 5.41 Å². The van der Waals surface area contributed by atoms with E-state index in [2.05, 4.69) is 39.8 Å². The monoisotopic (exact) mass is 212 g/mol. The lowest BCUT2D eigenvalue weighted by atomic mass is 9.92. The topological polar surface area (TPSA) is 23.6 Å². The van der Waals surface area contributed by atoms with Crippen molar-refractivity contribution < 1.29 is 4.79 Å². The molecule has 0 aliphatic carbocycles. The van der Waals surface area contributed by atoms with Gasteiger partial charge < -0.3 is 9.80 Å². The van der Waals surface area contributed by atoms with Gasteiger partial charge in [-0.15, -0.1) is 0 Å². The molecule has 0 saturated carbocycles. The summed E-state index contributed by atoms with van der Waals surface area (Å²) in [5.74, 6) is 0.312. The summed E-state index contributed by atoms with van der Waals surface area (Å²) in [6.45, 7) is 8.18. The summed E-state index contributed by atoms with van der Waals surface area (Å²) in [6, 6.07) is 0.550. The van der Waals surface area contributed by atoms with E-state index in [1.54, 1.807) is 0 Å². The van der Waals surface area contributed by atoms with Crippen molar-refractivity contribution in [3.05, 3.63) is 0 Å². The van der Waals surface area contributed by atoms with Crippen LogP contribution in [0.15, 0.2) is 0 Å². The van der Waals surface area contributed by atoms with E-state index >= 15 is 0 Å². The molecule has 0 spiro atoms. The van der Waals surface area contributed by atoms with E-state index in [4.69, 9.17) is 0 Å². The van der Waals surface area contributed by atoms with Crippen molar-refractivity contribution in [3.8, 4) is 0 Å². The predicted octanol–water partition coefficient (Wildman–Crippen LogP) is 1.59. The minimum absolute atomic E-state index is 0.104. The molecule has 0 aromatic carbocycles. The van der Waals surface area contributed by atoms with Gasteiger partial charge in [-0.05, 0) is 25.9 Å². The van der Waals surface area contributed by atoms with Gasteiger partial charge in [0, 0.05) is 25.6 Å². The van der Waals surface area contributed by atoms with E-state index < -0.39 is 0 Å². The molecule has 1 heterocycles. The van der Waals surface area contributed by atoms with Gasteiger partial charge in [0.1, 0.15) is 0 Å². The third-order valence-corrected chi connectivity index (χ3v) is 2.93. The Morgan fingerprint density at radius 1 is 1.40 bits per heavy atom. The quantitative estimate of drug-likeness (QED) is 0.694. The Morgan fingerprint density at radius 3 is 2.40 bits per heavy atom. The third-order valence-electron chi connectivity index (χ3n) is 2.93. The Bertz CT molecular complexity index is 230. The number of likely N-dealkylation sites (N-methyl/N-ethyl adjacent to an activating group) is 1. The van der Waals surface area contributed by atoms with Crippen LogP contribution in [-0.4, -0.2) is 48.9 Å². The summed E-state index contributed by atoms with van der Waals surface area (Å²) in [7, 11) is 4.17. The lowest BCUT2D eigenvalue weighted by Crippen LogP contribution is -2.35. The zero-order valence-corrected chi connectivity index (χ0v) is 10.7. The zero-order chi connectivity index (χ0) is 11.6. The molecule has 1 aliphatic heterocycles. The summed E-state index contributed by atoms with van der Waals surface area (Å²) in [5.41, 5.74) is 0.104. The van der Waals surface area contributed by atoms with Gasteiger partial charge in [-0.2, -0.15) is 0 Å². The van der Waals surface area contributed by atoms with Gasteiger partial charge >= 0.3 is 0 Å². The summed E-state index contributed by atoms with van der Waals surface area (Å²) in [4.78, 5) is 16.2. The maximum absolute atomic E-state index is 11.9. The number of amides is 1. The fourth-order valence-corrected chi connectivity index (χ4v) is 1.96. The number of likely N-dealkylation sites (tertiary alicyclic amines) is 1. The van der Waals surface area contributed by atoms with Gasteiger partial charge in [-0.1, -0.05) is 20.8 Å². The van der Waals surface area contributed by atoms with Crippen molar-refractivity contribution in [2.45, 2.75) is 39.7 Å². The second kappa shape index (κ2) is 4.52. The molecule has 3 heteroatoms. The molecule has 1 fully saturated rings. The van der Waals surface area contributed by atoms with Crippen LogP contribution in [0.3, 0.4) is 0 Å². The van der Waals surface area contributed by atoms with E-state index in [0.29, 0.717) is 18.4 Å². The highest BCUT2D eigenvalue weighted by molar-refractivity contribution is 5.77. The molecule has 1 rings (SSSR count). The molecule has 0 radical (unpaired) electrons. The molecule has 1 saturated heterocycles. The van der Waals surface area contributed by atoms with Crippen molar-refractivity contribution in [3.63, 3.8) is 0 Å². The van der Waals surface area contributed by atoms with Crippen molar-refractivity contribution in [1.82, 2.24) is 9.80 Å². The van der Waals surface area contributed by atoms with Gasteiger partial charge in [-0.3, -0.25) is 4.79 Å². The van der Waals surface area contributed by atoms with E-state index in [9.17, 15) is 4.79 Å². The van der Waals surface area contributed by atoms with Crippen LogP contribution < -0.4 is 0 Å². The van der Waals surface area contributed by atoms with Crippen LogP contribution in [0, 0.1) is 5.41 Å². The number of hydrogen-bond acceptors (Lipinski definition) is 2. The molecule has 1 atom stereocenters. The summed E-state index contributed by atoms with van der Waals surface area (Å²) < 4.78 is 0. The van der Waals surface area contributed by atoms with Gasteiger partial charge in [0.25, 0.3) is 0 Å². The Morgan fingerprint density at radius 2 is 2.00 bits per heavy atom. The second-order valence-electron chi connectivity index (χ2n) is 5.98. The van der Waals surface area contributed by atoms with Gasteiger partial charge in [0.05, 0.1) is 0 Å². The lowest BCUT2D eigenvalue weighted by molar-refractivity contribution is -0.132. The molecular weight excluding hydrogens is 188 g/mol. The van der Waals surface area contributed by atoms with Crippen molar-refractivity contribution in [2.24, 2.45) is 5.41 Å². The van der Waals surface area contributed by atoms with Crippen LogP contribution >= 0.6 is 0 Å². The van der Waals surface area contributed by atoms with Crippen LogP contribution in [-0.2, 0) is 4.79 Å². The molecule has 3 nitrogen and oxygen atoms in total. The predicted molar refractivity (Wildman–Crippen MR) is 62.7 cm³/mol. The molecule has 0 unspecified atom stereocenters. The van der Waals surface area contributed by atoms with Crippen LogP contribution in [0.4, 0.5) is 0 Å². The van der Waals surface area contributed by atoms with Gasteiger partial charge in [-0.25, -0.2) is 0 Å². The number of nitrogens with zero attached hydrogens (tertiary/aromatic N) is 2. The smallest absolute Gasteiger partial charge is 0.223 e. The summed E-state index contributed by atoms with van der Waals surface area (Å²) in [6.07, 6.45) is 1.77. The first-order chi connectivity index (χ1) is 6.79. The molecule has 0 N–H and O–H groups in total. The Hall–Kier alpha value is -0.570. The Labute approximate surface area is 93.4 Å². The molecule has 88 valence electrons. The van der Waals surface area contributed by atoms with Gasteiger partial charge in [0.15, 0.2) is 0 Å². The largest absolute Gasteiger partial charge is 0.341 e. The minimum atomic E-state index is 0.104. The fourth-order valence-electron chi connectivity index (χ4n) is 1.96. The van der Waals surface area contributed by atoms with Crippen molar-refractivity contribution in [1.29, 1.82) is 0 Å². The normalized spacial score (nSPS) is 22.5. The molecule has 0 aromatic heterocycles. The highest BCUT2D eigenvalue weighted by atomic mass is 16.2. The highest BCUT2D eigenvalue weighted by Crippen LogP contribution is 2.22.